The summed E-state index contributed by atoms with van der Waals surface area (Å²) in [6.45, 7) is 2.94. The molecule has 0 aliphatic rings. The fourth-order valence-corrected chi connectivity index (χ4v) is 4.51. The number of rotatable bonds is 7. The van der Waals surface area contributed by atoms with Gasteiger partial charge in [0, 0.05) is 21.7 Å². The molecule has 4 aromatic rings. The van der Waals surface area contributed by atoms with Crippen molar-refractivity contribution in [2.75, 3.05) is 0 Å². The third kappa shape index (κ3) is 3.58. The Hall–Kier alpha value is -2.92. The van der Waals surface area contributed by atoms with Crippen LogP contribution in [-0.4, -0.2) is 20.6 Å². The Balaban J connectivity index is 1.69. The summed E-state index contributed by atoms with van der Waals surface area (Å²) in [5.74, 6) is 0.219. The molecule has 0 spiro atoms. The zero-order valence-corrected chi connectivity index (χ0v) is 16.6. The lowest BCUT2D eigenvalue weighted by Crippen LogP contribution is -2.04. The van der Waals surface area contributed by atoms with Gasteiger partial charge in [-0.15, -0.1) is 11.3 Å². The van der Waals surface area contributed by atoms with Crippen molar-refractivity contribution in [2.24, 2.45) is 0 Å². The van der Waals surface area contributed by atoms with Gasteiger partial charge in [0.05, 0.1) is 23.1 Å². The smallest absolute Gasteiger partial charge is 0.336 e. The minimum absolute atomic E-state index is 0.340. The van der Waals surface area contributed by atoms with E-state index in [0.717, 1.165) is 53.1 Å². The van der Waals surface area contributed by atoms with Crippen LogP contribution in [0.25, 0.3) is 21.5 Å². The second kappa shape index (κ2) is 7.98. The van der Waals surface area contributed by atoms with Gasteiger partial charge in [0.1, 0.15) is 5.82 Å². The number of aromatic nitrogens is 2. The number of benzene rings is 2. The standard InChI is InChI=1S/C23H22N2O2S/c1-2-3-12-22-24-19-10-6-7-11-20(19)25(22)15-16-13-14-21(28-16)17-8-4-5-9-18(17)23(26)27/h4-11,13-14H,2-3,12,15H2,1H3,(H,26,27). The third-order valence-electron chi connectivity index (χ3n) is 4.89. The first-order valence-electron chi connectivity index (χ1n) is 9.53. The number of carboxylic acids is 1. The van der Waals surface area contributed by atoms with Crippen LogP contribution < -0.4 is 0 Å². The minimum Gasteiger partial charge on any atom is -0.478 e. The quantitative estimate of drug-likeness (QED) is 0.430. The number of hydrogen-bond acceptors (Lipinski definition) is 3. The van der Waals surface area contributed by atoms with Crippen molar-refractivity contribution in [1.82, 2.24) is 9.55 Å². The number of thiophene rings is 1. The molecule has 2 aromatic carbocycles. The first-order chi connectivity index (χ1) is 13.7. The van der Waals surface area contributed by atoms with Crippen molar-refractivity contribution in [3.05, 3.63) is 76.9 Å². The number of carboxylic acid groups (broad SMARTS) is 1. The Morgan fingerprint density at radius 3 is 2.68 bits per heavy atom. The fraction of sp³-hybridized carbons (Fsp3) is 0.217. The molecule has 0 bridgehead atoms. The number of fused-ring (bicyclic) bond motifs is 1. The summed E-state index contributed by atoms with van der Waals surface area (Å²) in [5, 5.41) is 9.47. The molecule has 142 valence electrons. The zero-order valence-electron chi connectivity index (χ0n) is 15.8. The summed E-state index contributed by atoms with van der Waals surface area (Å²) in [6.07, 6.45) is 3.22. The molecule has 0 saturated heterocycles. The predicted octanol–water partition coefficient (Wildman–Crippen LogP) is 5.85. The van der Waals surface area contributed by atoms with E-state index in [-0.39, 0.29) is 0 Å². The highest BCUT2D eigenvalue weighted by Crippen LogP contribution is 2.32. The molecule has 1 N–H and O–H groups in total. The molecule has 28 heavy (non-hydrogen) atoms. The van der Waals surface area contributed by atoms with Crippen LogP contribution >= 0.6 is 11.3 Å². The maximum atomic E-state index is 11.5. The first kappa shape index (κ1) is 18.4. The zero-order chi connectivity index (χ0) is 19.5. The van der Waals surface area contributed by atoms with Crippen LogP contribution in [0, 0.1) is 0 Å². The minimum atomic E-state index is -0.895. The molecular formula is C23H22N2O2S. The molecule has 0 radical (unpaired) electrons. The lowest BCUT2D eigenvalue weighted by Gasteiger charge is -2.08. The van der Waals surface area contributed by atoms with Crippen LogP contribution in [0.3, 0.4) is 0 Å². The van der Waals surface area contributed by atoms with Gasteiger partial charge in [0.15, 0.2) is 0 Å². The van der Waals surface area contributed by atoms with Gasteiger partial charge in [-0.2, -0.15) is 0 Å². The Bertz CT molecular complexity index is 1130. The first-order valence-corrected chi connectivity index (χ1v) is 10.3. The second-order valence-corrected chi connectivity index (χ2v) is 7.99. The van der Waals surface area contributed by atoms with Gasteiger partial charge in [0.25, 0.3) is 0 Å². The van der Waals surface area contributed by atoms with Crippen molar-refractivity contribution < 1.29 is 9.90 Å². The Labute approximate surface area is 168 Å². The topological polar surface area (TPSA) is 55.1 Å². The van der Waals surface area contributed by atoms with E-state index in [4.69, 9.17) is 4.98 Å². The summed E-state index contributed by atoms with van der Waals surface area (Å²) < 4.78 is 2.30. The number of para-hydroxylation sites is 2. The van der Waals surface area contributed by atoms with Crippen molar-refractivity contribution in [3.63, 3.8) is 0 Å². The molecule has 2 heterocycles. The Morgan fingerprint density at radius 2 is 1.86 bits per heavy atom. The van der Waals surface area contributed by atoms with Crippen LogP contribution in [-0.2, 0) is 13.0 Å². The van der Waals surface area contributed by atoms with E-state index in [2.05, 4.69) is 29.7 Å². The number of unbranched alkanes of at least 4 members (excludes halogenated alkanes) is 1. The van der Waals surface area contributed by atoms with E-state index < -0.39 is 5.97 Å². The average molecular weight is 391 g/mol. The van der Waals surface area contributed by atoms with E-state index in [1.807, 2.05) is 30.3 Å². The van der Waals surface area contributed by atoms with Crippen LogP contribution in [0.2, 0.25) is 0 Å². The molecule has 0 atom stereocenters. The normalized spacial score (nSPS) is 11.2. The number of aromatic carboxylic acids is 1. The molecule has 0 unspecified atom stereocenters. The lowest BCUT2D eigenvalue weighted by molar-refractivity contribution is 0.0698. The number of carbonyl (C=O) groups is 1. The Morgan fingerprint density at radius 1 is 1.07 bits per heavy atom. The van der Waals surface area contributed by atoms with Crippen LogP contribution in [0.5, 0.6) is 0 Å². The monoisotopic (exact) mass is 390 g/mol. The average Bonchev–Trinajstić information content (AvgIpc) is 3.32. The Kier molecular flexibility index (Phi) is 5.26. The maximum Gasteiger partial charge on any atom is 0.336 e. The van der Waals surface area contributed by atoms with Gasteiger partial charge in [-0.25, -0.2) is 9.78 Å². The molecule has 0 aliphatic heterocycles. The SMILES string of the molecule is CCCCc1nc2ccccc2n1Cc1ccc(-c2ccccc2C(=O)O)s1. The molecular weight excluding hydrogens is 368 g/mol. The number of aryl methyl sites for hydroxylation is 1. The fourth-order valence-electron chi connectivity index (χ4n) is 3.48. The summed E-state index contributed by atoms with van der Waals surface area (Å²) in [6, 6.07) is 19.5. The largest absolute Gasteiger partial charge is 0.478 e. The van der Waals surface area contributed by atoms with Gasteiger partial charge in [-0.3, -0.25) is 0 Å². The highest BCUT2D eigenvalue weighted by Gasteiger charge is 2.15. The number of imidazole rings is 1. The summed E-state index contributed by atoms with van der Waals surface area (Å²) >= 11 is 1.64. The molecule has 4 rings (SSSR count). The van der Waals surface area contributed by atoms with Gasteiger partial charge in [-0.05, 0) is 36.8 Å². The number of nitrogens with zero attached hydrogens (tertiary/aromatic N) is 2. The number of hydrogen-bond donors (Lipinski definition) is 1. The highest BCUT2D eigenvalue weighted by molar-refractivity contribution is 7.15. The van der Waals surface area contributed by atoms with Crippen molar-refractivity contribution in [1.29, 1.82) is 0 Å². The predicted molar refractivity (Wildman–Crippen MR) is 114 cm³/mol. The molecule has 0 aliphatic carbocycles. The van der Waals surface area contributed by atoms with E-state index in [9.17, 15) is 9.90 Å². The van der Waals surface area contributed by atoms with E-state index in [1.165, 1.54) is 4.88 Å². The molecule has 2 aromatic heterocycles. The molecule has 5 heteroatoms. The van der Waals surface area contributed by atoms with Crippen LogP contribution in [0.4, 0.5) is 0 Å². The van der Waals surface area contributed by atoms with Crippen LogP contribution in [0.1, 0.15) is 40.8 Å². The van der Waals surface area contributed by atoms with E-state index in [1.54, 1.807) is 23.5 Å². The van der Waals surface area contributed by atoms with E-state index in [0.29, 0.717) is 5.56 Å². The van der Waals surface area contributed by atoms with Crippen LogP contribution in [0.15, 0.2) is 60.7 Å². The van der Waals surface area contributed by atoms with Gasteiger partial charge in [0.2, 0.25) is 0 Å². The van der Waals surface area contributed by atoms with Crippen molar-refractivity contribution in [3.8, 4) is 10.4 Å². The third-order valence-corrected chi connectivity index (χ3v) is 5.99. The molecule has 0 fully saturated rings. The maximum absolute atomic E-state index is 11.5. The van der Waals surface area contributed by atoms with Crippen molar-refractivity contribution >= 4 is 28.3 Å². The summed E-state index contributed by atoms with van der Waals surface area (Å²) in [4.78, 5) is 18.6. The second-order valence-electron chi connectivity index (χ2n) is 6.82. The van der Waals surface area contributed by atoms with E-state index >= 15 is 0 Å². The lowest BCUT2D eigenvalue weighted by atomic mass is 10.1. The molecule has 0 amide bonds. The summed E-state index contributed by atoms with van der Waals surface area (Å²) in [7, 11) is 0. The van der Waals surface area contributed by atoms with Gasteiger partial charge >= 0.3 is 5.97 Å². The van der Waals surface area contributed by atoms with Crippen molar-refractivity contribution in [2.45, 2.75) is 32.7 Å². The molecule has 0 saturated carbocycles. The summed E-state index contributed by atoms with van der Waals surface area (Å²) in [5.41, 5.74) is 3.29. The van der Waals surface area contributed by atoms with Gasteiger partial charge < -0.3 is 9.67 Å². The molecule has 4 nitrogen and oxygen atoms in total. The van der Waals surface area contributed by atoms with Gasteiger partial charge in [-0.1, -0.05) is 43.7 Å². The highest BCUT2D eigenvalue weighted by atomic mass is 32.1.